The van der Waals surface area contributed by atoms with Gasteiger partial charge in [-0.25, -0.2) is 15.0 Å². The minimum Gasteiger partial charge on any atom is -0.456 e. The molecular weight excluding hydrogens is 743 g/mol. The monoisotopic (exact) mass is 773 g/mol. The molecule has 1 aliphatic rings. The maximum Gasteiger partial charge on any atom is 0.164 e. The molecule has 0 amide bonds. The van der Waals surface area contributed by atoms with E-state index < -0.39 is 0 Å². The molecule has 0 aliphatic heterocycles. The van der Waals surface area contributed by atoms with E-state index in [1.165, 1.54) is 42.1 Å². The lowest BCUT2D eigenvalue weighted by Crippen LogP contribution is -2.05. The molecule has 13 rings (SSSR count). The highest BCUT2D eigenvalue weighted by Crippen LogP contribution is 2.45. The summed E-state index contributed by atoms with van der Waals surface area (Å²) < 4.78 is 14.5. The van der Waals surface area contributed by atoms with Crippen LogP contribution in [-0.2, 0) is 6.42 Å². The first kappa shape index (κ1) is 32.7. The summed E-state index contributed by atoms with van der Waals surface area (Å²) in [6.45, 7) is 0. The third-order valence-corrected chi connectivity index (χ3v) is 13.3. The SMILES string of the molecule is C1=C(c2nc(-c3ccc4ccc5ccccc5c4c3)nc(-c3cccc4oc5c(-c6cccc7oc8ccccc8c67)cccc5c34)n2)CCc2sc3ccccc3c21. The van der Waals surface area contributed by atoms with Crippen LogP contribution in [0, 0.1) is 0 Å². The van der Waals surface area contributed by atoms with Gasteiger partial charge in [-0.1, -0.05) is 127 Å². The highest BCUT2D eigenvalue weighted by molar-refractivity contribution is 7.19. The van der Waals surface area contributed by atoms with Crippen LogP contribution in [0.15, 0.2) is 167 Å². The Hall–Kier alpha value is -7.41. The number of allylic oxidation sites excluding steroid dienone is 1. The largest absolute Gasteiger partial charge is 0.456 e. The maximum absolute atomic E-state index is 6.85. The fraction of sp³-hybridized carbons (Fsp3) is 0.0377. The van der Waals surface area contributed by atoms with Crippen molar-refractivity contribution in [2.45, 2.75) is 12.8 Å². The van der Waals surface area contributed by atoms with E-state index >= 15 is 0 Å². The van der Waals surface area contributed by atoms with Gasteiger partial charge in [-0.15, -0.1) is 11.3 Å². The van der Waals surface area contributed by atoms with Crippen molar-refractivity contribution in [1.82, 2.24) is 15.0 Å². The number of hydrogen-bond donors (Lipinski definition) is 0. The number of nitrogens with zero attached hydrogens (tertiary/aromatic N) is 3. The summed E-state index contributed by atoms with van der Waals surface area (Å²) in [4.78, 5) is 17.4. The minimum absolute atomic E-state index is 0.617. The summed E-state index contributed by atoms with van der Waals surface area (Å²) in [5.74, 6) is 1.96. The quantitative estimate of drug-likeness (QED) is 0.167. The first-order valence-corrected chi connectivity index (χ1v) is 20.8. The van der Waals surface area contributed by atoms with E-state index in [4.69, 9.17) is 23.8 Å². The van der Waals surface area contributed by atoms with Crippen molar-refractivity contribution < 1.29 is 8.83 Å². The van der Waals surface area contributed by atoms with Gasteiger partial charge in [0.2, 0.25) is 0 Å². The van der Waals surface area contributed by atoms with Crippen LogP contribution in [0.25, 0.3) is 121 Å². The van der Waals surface area contributed by atoms with Gasteiger partial charge < -0.3 is 8.83 Å². The number of thiophene rings is 1. The highest BCUT2D eigenvalue weighted by atomic mass is 32.1. The Kier molecular flexibility index (Phi) is 6.94. The molecule has 59 heavy (non-hydrogen) atoms. The lowest BCUT2D eigenvalue weighted by molar-refractivity contribution is 0.668. The molecular formula is C53H31N3O2S. The summed E-state index contributed by atoms with van der Waals surface area (Å²) in [5.41, 5.74) is 9.63. The molecule has 0 N–H and O–H groups in total. The Labute approximate surface area is 341 Å². The molecule has 0 fully saturated rings. The van der Waals surface area contributed by atoms with Crippen molar-refractivity contribution in [1.29, 1.82) is 0 Å². The first-order valence-electron chi connectivity index (χ1n) is 20.0. The van der Waals surface area contributed by atoms with Crippen molar-refractivity contribution >= 4 is 98.5 Å². The van der Waals surface area contributed by atoms with Crippen molar-refractivity contribution in [2.24, 2.45) is 0 Å². The third kappa shape index (κ3) is 5.00. The molecule has 0 unspecified atom stereocenters. The van der Waals surface area contributed by atoms with Gasteiger partial charge in [0.15, 0.2) is 17.5 Å². The number of aromatic nitrogens is 3. The van der Waals surface area contributed by atoms with Crippen molar-refractivity contribution in [2.75, 3.05) is 0 Å². The predicted molar refractivity (Wildman–Crippen MR) is 244 cm³/mol. The molecule has 0 spiro atoms. The summed E-state index contributed by atoms with van der Waals surface area (Å²) in [6.07, 6.45) is 4.11. The molecule has 4 heterocycles. The van der Waals surface area contributed by atoms with Gasteiger partial charge in [-0.2, -0.15) is 0 Å². The normalized spacial score (nSPS) is 13.1. The van der Waals surface area contributed by atoms with Crippen LogP contribution in [0.1, 0.15) is 22.7 Å². The third-order valence-electron chi connectivity index (χ3n) is 12.0. The van der Waals surface area contributed by atoms with E-state index in [9.17, 15) is 0 Å². The average molecular weight is 774 g/mol. The summed E-state index contributed by atoms with van der Waals surface area (Å²) in [5, 5.41) is 10.2. The highest BCUT2D eigenvalue weighted by Gasteiger charge is 2.24. The van der Waals surface area contributed by atoms with E-state index in [0.29, 0.717) is 17.5 Å². The van der Waals surface area contributed by atoms with Crippen LogP contribution in [-0.4, -0.2) is 15.0 Å². The zero-order valence-electron chi connectivity index (χ0n) is 31.6. The van der Waals surface area contributed by atoms with Crippen molar-refractivity contribution in [3.63, 3.8) is 0 Å². The van der Waals surface area contributed by atoms with Gasteiger partial charge >= 0.3 is 0 Å². The van der Waals surface area contributed by atoms with Crippen LogP contribution in [0.5, 0.6) is 0 Å². The topological polar surface area (TPSA) is 65.0 Å². The number of aryl methyl sites for hydroxylation is 1. The molecule has 0 radical (unpaired) electrons. The predicted octanol–water partition coefficient (Wildman–Crippen LogP) is 14.7. The molecule has 0 bridgehead atoms. The van der Waals surface area contributed by atoms with Gasteiger partial charge in [-0.05, 0) is 92.9 Å². The summed E-state index contributed by atoms with van der Waals surface area (Å²) in [7, 11) is 0. The number of benzene rings is 8. The average Bonchev–Trinajstić information content (AvgIpc) is 4.00. The molecule has 0 atom stereocenters. The van der Waals surface area contributed by atoms with Crippen LogP contribution in [0.2, 0.25) is 0 Å². The van der Waals surface area contributed by atoms with Gasteiger partial charge in [-0.3, -0.25) is 0 Å². The van der Waals surface area contributed by atoms with Gasteiger partial charge in [0, 0.05) is 47.8 Å². The van der Waals surface area contributed by atoms with Crippen LogP contribution in [0.3, 0.4) is 0 Å². The maximum atomic E-state index is 6.85. The second kappa shape index (κ2) is 12.5. The molecule has 276 valence electrons. The van der Waals surface area contributed by atoms with E-state index in [-0.39, 0.29) is 0 Å². The molecule has 8 aromatic carbocycles. The minimum atomic E-state index is 0.617. The van der Waals surface area contributed by atoms with E-state index in [1.54, 1.807) is 0 Å². The van der Waals surface area contributed by atoms with Gasteiger partial charge in [0.1, 0.15) is 22.3 Å². The Morgan fingerprint density at radius 2 is 1.08 bits per heavy atom. The Morgan fingerprint density at radius 1 is 0.441 bits per heavy atom. The second-order valence-electron chi connectivity index (χ2n) is 15.4. The van der Waals surface area contributed by atoms with Crippen LogP contribution >= 0.6 is 11.3 Å². The van der Waals surface area contributed by atoms with Crippen molar-refractivity contribution in [3.05, 3.63) is 174 Å². The van der Waals surface area contributed by atoms with Crippen molar-refractivity contribution in [3.8, 4) is 33.9 Å². The molecule has 1 aliphatic carbocycles. The summed E-state index contributed by atoms with van der Waals surface area (Å²) in [6, 6.07) is 55.2. The molecule has 0 saturated heterocycles. The number of furan rings is 2. The Morgan fingerprint density at radius 3 is 2.00 bits per heavy atom. The van der Waals surface area contributed by atoms with Gasteiger partial charge in [0.25, 0.3) is 0 Å². The first-order chi connectivity index (χ1) is 29.2. The molecule has 5 nitrogen and oxygen atoms in total. The second-order valence-corrected chi connectivity index (χ2v) is 16.5. The Balaban J connectivity index is 1.04. The zero-order chi connectivity index (χ0) is 38.6. The smallest absolute Gasteiger partial charge is 0.164 e. The van der Waals surface area contributed by atoms with Crippen LogP contribution in [0.4, 0.5) is 0 Å². The molecule has 12 aromatic rings. The molecule has 0 saturated carbocycles. The number of para-hydroxylation sites is 2. The van der Waals surface area contributed by atoms with E-state index in [1.807, 2.05) is 41.7 Å². The summed E-state index contributed by atoms with van der Waals surface area (Å²) >= 11 is 1.89. The lowest BCUT2D eigenvalue weighted by atomic mass is 9.95. The van der Waals surface area contributed by atoms with Crippen LogP contribution < -0.4 is 0 Å². The Bertz CT molecular complexity index is 3760. The zero-order valence-corrected chi connectivity index (χ0v) is 32.4. The number of fused-ring (bicyclic) bond motifs is 12. The lowest BCUT2D eigenvalue weighted by Gasteiger charge is -2.15. The molecule has 4 aromatic heterocycles. The number of rotatable bonds is 4. The van der Waals surface area contributed by atoms with Gasteiger partial charge in [0.05, 0.1) is 0 Å². The fourth-order valence-corrected chi connectivity index (χ4v) is 10.5. The fourth-order valence-electron chi connectivity index (χ4n) is 9.29. The van der Waals surface area contributed by atoms with E-state index in [0.717, 1.165) is 84.5 Å². The molecule has 6 heteroatoms. The standard InChI is InChI=1S/C53H31N3O2S/c1-2-11-34-30(10-1)22-23-31-24-25-32(28-41(31)34)51-54-52(33-26-27-47-42(29-33)35-12-4-6-21-46(35)59-47)56-53(55-51)40-17-9-20-45-49(40)39-16-7-15-37(50(39)58-45)36-14-8-19-44-48(36)38-13-3-5-18-43(38)57-44/h1-25,28-29H,26-27H2. The number of hydrogen-bond acceptors (Lipinski definition) is 6. The van der Waals surface area contributed by atoms with E-state index in [2.05, 4.69) is 133 Å².